The molecule has 0 amide bonds. The fourth-order valence-corrected chi connectivity index (χ4v) is 4.05. The summed E-state index contributed by atoms with van der Waals surface area (Å²) in [7, 11) is 1.80. The first kappa shape index (κ1) is 13.9. The monoisotopic (exact) mass is 273 g/mol. The SMILES string of the molecule is COc1cccc2c1CC[C@H]1[C@@H]2CCN1CCC(C)C. The molecular formula is C18H27NO. The van der Waals surface area contributed by atoms with Gasteiger partial charge in [0, 0.05) is 12.0 Å². The minimum atomic E-state index is 0.737. The lowest BCUT2D eigenvalue weighted by molar-refractivity contribution is 0.214. The number of benzene rings is 1. The summed E-state index contributed by atoms with van der Waals surface area (Å²) in [5, 5.41) is 0. The molecule has 0 unspecified atom stereocenters. The van der Waals surface area contributed by atoms with E-state index in [9.17, 15) is 0 Å². The summed E-state index contributed by atoms with van der Waals surface area (Å²) in [5.74, 6) is 2.65. The number of methoxy groups -OCH3 is 1. The van der Waals surface area contributed by atoms with Crippen molar-refractivity contribution in [1.29, 1.82) is 0 Å². The van der Waals surface area contributed by atoms with Crippen LogP contribution in [0.2, 0.25) is 0 Å². The van der Waals surface area contributed by atoms with Crippen molar-refractivity contribution in [1.82, 2.24) is 4.90 Å². The molecule has 2 atom stereocenters. The molecule has 110 valence electrons. The molecule has 1 aliphatic heterocycles. The zero-order valence-electron chi connectivity index (χ0n) is 13.1. The Bertz CT molecular complexity index is 468. The number of ether oxygens (including phenoxy) is 1. The van der Waals surface area contributed by atoms with E-state index in [1.807, 2.05) is 0 Å². The Labute approximate surface area is 123 Å². The molecule has 0 spiro atoms. The van der Waals surface area contributed by atoms with E-state index in [-0.39, 0.29) is 0 Å². The van der Waals surface area contributed by atoms with Crippen molar-refractivity contribution in [2.24, 2.45) is 5.92 Å². The van der Waals surface area contributed by atoms with Crippen molar-refractivity contribution in [3.8, 4) is 5.75 Å². The van der Waals surface area contributed by atoms with Crippen molar-refractivity contribution in [3.05, 3.63) is 29.3 Å². The third kappa shape index (κ3) is 2.46. The Morgan fingerprint density at radius 1 is 1.30 bits per heavy atom. The standard InChI is InChI=1S/C18H27NO/c1-13(2)9-11-19-12-10-15-14-5-4-6-18(20-3)16(14)7-8-17(15)19/h4-6,13,15,17H,7-12H2,1-3H3/t15-,17+/m1/s1. The molecule has 0 bridgehead atoms. The summed E-state index contributed by atoms with van der Waals surface area (Å²) in [6.07, 6.45) is 5.13. The van der Waals surface area contributed by atoms with Crippen LogP contribution in [0, 0.1) is 5.92 Å². The maximum atomic E-state index is 5.55. The largest absolute Gasteiger partial charge is 0.496 e. The van der Waals surface area contributed by atoms with Crippen LogP contribution in [0.25, 0.3) is 0 Å². The number of likely N-dealkylation sites (tertiary alicyclic amines) is 1. The van der Waals surface area contributed by atoms with Crippen LogP contribution in [0.3, 0.4) is 0 Å². The molecule has 0 aromatic heterocycles. The number of hydrogen-bond donors (Lipinski definition) is 0. The van der Waals surface area contributed by atoms with Crippen LogP contribution in [0.5, 0.6) is 5.75 Å². The maximum Gasteiger partial charge on any atom is 0.122 e. The molecule has 1 aromatic rings. The van der Waals surface area contributed by atoms with Crippen LogP contribution in [0.1, 0.15) is 50.2 Å². The molecule has 1 fully saturated rings. The third-order valence-electron chi connectivity index (χ3n) is 5.13. The molecule has 1 aliphatic carbocycles. The molecule has 20 heavy (non-hydrogen) atoms. The van der Waals surface area contributed by atoms with Gasteiger partial charge >= 0.3 is 0 Å². The lowest BCUT2D eigenvalue weighted by Gasteiger charge is -2.34. The van der Waals surface area contributed by atoms with Gasteiger partial charge in [-0.3, -0.25) is 4.90 Å². The van der Waals surface area contributed by atoms with E-state index >= 15 is 0 Å². The quantitative estimate of drug-likeness (QED) is 0.826. The molecular weight excluding hydrogens is 246 g/mol. The minimum absolute atomic E-state index is 0.737. The van der Waals surface area contributed by atoms with E-state index in [2.05, 4.69) is 36.9 Å². The molecule has 2 heteroatoms. The first-order chi connectivity index (χ1) is 9.70. The van der Waals surface area contributed by atoms with Gasteiger partial charge in [0.05, 0.1) is 7.11 Å². The Kier molecular flexibility index (Phi) is 4.02. The number of hydrogen-bond acceptors (Lipinski definition) is 2. The van der Waals surface area contributed by atoms with Gasteiger partial charge in [0.2, 0.25) is 0 Å². The number of nitrogens with zero attached hydrogens (tertiary/aromatic N) is 1. The second-order valence-corrected chi connectivity index (χ2v) is 6.75. The molecule has 0 N–H and O–H groups in total. The topological polar surface area (TPSA) is 12.5 Å². The highest BCUT2D eigenvalue weighted by Crippen LogP contribution is 2.44. The highest BCUT2D eigenvalue weighted by molar-refractivity contribution is 5.45. The average molecular weight is 273 g/mol. The van der Waals surface area contributed by atoms with E-state index in [4.69, 9.17) is 4.74 Å². The van der Waals surface area contributed by atoms with Gasteiger partial charge in [0.15, 0.2) is 0 Å². The van der Waals surface area contributed by atoms with Gasteiger partial charge in [0.25, 0.3) is 0 Å². The molecule has 1 saturated heterocycles. The fraction of sp³-hybridized carbons (Fsp3) is 0.667. The van der Waals surface area contributed by atoms with Gasteiger partial charge < -0.3 is 4.74 Å². The van der Waals surface area contributed by atoms with Gasteiger partial charge in [-0.25, -0.2) is 0 Å². The summed E-state index contributed by atoms with van der Waals surface area (Å²) in [6.45, 7) is 7.21. The van der Waals surface area contributed by atoms with Crippen molar-refractivity contribution in [2.75, 3.05) is 20.2 Å². The summed E-state index contributed by atoms with van der Waals surface area (Å²) >= 11 is 0. The average Bonchev–Trinajstić information content (AvgIpc) is 2.87. The molecule has 1 aromatic carbocycles. The van der Waals surface area contributed by atoms with E-state index < -0.39 is 0 Å². The predicted octanol–water partition coefficient (Wildman–Crippen LogP) is 3.85. The van der Waals surface area contributed by atoms with Gasteiger partial charge in [-0.15, -0.1) is 0 Å². The number of rotatable bonds is 4. The molecule has 2 aliphatic rings. The van der Waals surface area contributed by atoms with Crippen molar-refractivity contribution >= 4 is 0 Å². The molecule has 0 radical (unpaired) electrons. The van der Waals surface area contributed by atoms with Crippen LogP contribution in [-0.2, 0) is 6.42 Å². The second kappa shape index (κ2) is 5.77. The summed E-state index contributed by atoms with van der Waals surface area (Å²) in [5.41, 5.74) is 3.04. The first-order valence-corrected chi connectivity index (χ1v) is 8.10. The van der Waals surface area contributed by atoms with Crippen LogP contribution >= 0.6 is 0 Å². The summed E-state index contributed by atoms with van der Waals surface area (Å²) in [6, 6.07) is 7.38. The Morgan fingerprint density at radius 2 is 2.15 bits per heavy atom. The number of fused-ring (bicyclic) bond motifs is 3. The van der Waals surface area contributed by atoms with Gasteiger partial charge in [-0.1, -0.05) is 26.0 Å². The van der Waals surface area contributed by atoms with Crippen molar-refractivity contribution < 1.29 is 4.74 Å². The van der Waals surface area contributed by atoms with E-state index in [0.717, 1.165) is 23.6 Å². The minimum Gasteiger partial charge on any atom is -0.496 e. The van der Waals surface area contributed by atoms with Crippen molar-refractivity contribution in [3.63, 3.8) is 0 Å². The van der Waals surface area contributed by atoms with E-state index in [1.165, 1.54) is 44.3 Å². The Balaban J connectivity index is 1.79. The molecule has 3 rings (SSSR count). The lowest BCUT2D eigenvalue weighted by Crippen LogP contribution is -2.36. The zero-order chi connectivity index (χ0) is 14.1. The van der Waals surface area contributed by atoms with Gasteiger partial charge in [-0.2, -0.15) is 0 Å². The normalized spacial score (nSPS) is 25.6. The smallest absolute Gasteiger partial charge is 0.122 e. The predicted molar refractivity (Wildman–Crippen MR) is 83.5 cm³/mol. The first-order valence-electron chi connectivity index (χ1n) is 8.10. The van der Waals surface area contributed by atoms with Crippen LogP contribution in [-0.4, -0.2) is 31.1 Å². The third-order valence-corrected chi connectivity index (χ3v) is 5.13. The van der Waals surface area contributed by atoms with E-state index in [1.54, 1.807) is 12.7 Å². The summed E-state index contributed by atoms with van der Waals surface area (Å²) in [4.78, 5) is 2.74. The van der Waals surface area contributed by atoms with E-state index in [0.29, 0.717) is 0 Å². The van der Waals surface area contributed by atoms with Crippen LogP contribution < -0.4 is 4.74 Å². The highest BCUT2D eigenvalue weighted by Gasteiger charge is 2.38. The molecule has 1 heterocycles. The Morgan fingerprint density at radius 3 is 2.90 bits per heavy atom. The van der Waals surface area contributed by atoms with Crippen LogP contribution in [0.15, 0.2) is 18.2 Å². The maximum absolute atomic E-state index is 5.55. The van der Waals surface area contributed by atoms with Gasteiger partial charge in [-0.05, 0) is 61.9 Å². The fourth-order valence-electron chi connectivity index (χ4n) is 4.05. The molecule has 2 nitrogen and oxygen atoms in total. The second-order valence-electron chi connectivity index (χ2n) is 6.75. The zero-order valence-corrected chi connectivity index (χ0v) is 13.1. The van der Waals surface area contributed by atoms with Gasteiger partial charge in [0.1, 0.15) is 5.75 Å². The molecule has 0 saturated carbocycles. The summed E-state index contributed by atoms with van der Waals surface area (Å²) < 4.78 is 5.55. The van der Waals surface area contributed by atoms with Crippen LogP contribution in [0.4, 0.5) is 0 Å². The highest BCUT2D eigenvalue weighted by atomic mass is 16.5. The Hall–Kier alpha value is -1.02. The lowest BCUT2D eigenvalue weighted by atomic mass is 9.79. The van der Waals surface area contributed by atoms with Crippen molar-refractivity contribution in [2.45, 2.75) is 51.5 Å².